The van der Waals surface area contributed by atoms with Gasteiger partial charge >= 0.3 is 0 Å². The molecule has 0 aromatic carbocycles. The highest BCUT2D eigenvalue weighted by atomic mass is 127. The lowest BCUT2D eigenvalue weighted by molar-refractivity contribution is 0.938. The average Bonchev–Trinajstić information content (AvgIpc) is 1.90. The van der Waals surface area contributed by atoms with E-state index in [9.17, 15) is 0 Å². The first-order valence-electron chi connectivity index (χ1n) is 2.68. The molecule has 0 N–H and O–H groups in total. The van der Waals surface area contributed by atoms with Crippen LogP contribution in [0.3, 0.4) is 0 Å². The lowest BCUT2D eigenvalue weighted by atomic mass is 10.4. The summed E-state index contributed by atoms with van der Waals surface area (Å²) in [6, 6.07) is 3.97. The molecule has 0 fully saturated rings. The molecule has 2 nitrogen and oxygen atoms in total. The third-order valence-electron chi connectivity index (χ3n) is 0.990. The van der Waals surface area contributed by atoms with Gasteiger partial charge < -0.3 is 0 Å². The van der Waals surface area contributed by atoms with Crippen molar-refractivity contribution in [2.45, 2.75) is 11.4 Å². The lowest BCUT2D eigenvalue weighted by Gasteiger charge is -1.91. The van der Waals surface area contributed by atoms with Gasteiger partial charge in [0.05, 0.1) is 11.4 Å². The summed E-state index contributed by atoms with van der Waals surface area (Å²) in [5.41, 5.74) is 2.02. The van der Waals surface area contributed by atoms with Gasteiger partial charge in [-0.15, -0.1) is 0 Å². The van der Waals surface area contributed by atoms with Crippen LogP contribution in [-0.2, 0) is 4.43 Å². The summed E-state index contributed by atoms with van der Waals surface area (Å²) in [7, 11) is 0. The van der Waals surface area contributed by atoms with Crippen LogP contribution in [0.25, 0.3) is 0 Å². The molecule has 1 aromatic heterocycles. The molecular weight excluding hydrogens is 227 g/mol. The highest BCUT2D eigenvalue weighted by Gasteiger charge is 1.89. The zero-order chi connectivity index (χ0) is 6.69. The molecular formula is C6H7IN2. The van der Waals surface area contributed by atoms with Crippen molar-refractivity contribution in [3.63, 3.8) is 0 Å². The molecule has 0 saturated carbocycles. The first-order valence-corrected chi connectivity index (χ1v) is 4.20. The predicted octanol–water partition coefficient (Wildman–Crippen LogP) is 1.72. The van der Waals surface area contributed by atoms with E-state index in [0.29, 0.717) is 0 Å². The Morgan fingerprint density at radius 2 is 2.22 bits per heavy atom. The number of hydrogen-bond donors (Lipinski definition) is 0. The van der Waals surface area contributed by atoms with Gasteiger partial charge in [-0.1, -0.05) is 22.6 Å². The summed E-state index contributed by atoms with van der Waals surface area (Å²) in [6.45, 7) is 1.93. The molecule has 0 radical (unpaired) electrons. The van der Waals surface area contributed by atoms with Crippen LogP contribution in [0.5, 0.6) is 0 Å². The SMILES string of the molecule is Cc1ccc(CI)nn1. The average molecular weight is 234 g/mol. The Morgan fingerprint density at radius 3 is 2.67 bits per heavy atom. The van der Waals surface area contributed by atoms with Crippen LogP contribution in [0.15, 0.2) is 12.1 Å². The van der Waals surface area contributed by atoms with Gasteiger partial charge in [-0.3, -0.25) is 0 Å². The molecule has 0 amide bonds. The number of aryl methyl sites for hydroxylation is 1. The van der Waals surface area contributed by atoms with Crippen molar-refractivity contribution in [2.75, 3.05) is 0 Å². The Labute approximate surface area is 67.8 Å². The number of nitrogens with zero attached hydrogens (tertiary/aromatic N) is 2. The Bertz CT molecular complexity index is 183. The lowest BCUT2D eigenvalue weighted by Crippen LogP contribution is -1.89. The summed E-state index contributed by atoms with van der Waals surface area (Å²) in [5.74, 6) is 0. The molecule has 0 atom stereocenters. The summed E-state index contributed by atoms with van der Waals surface area (Å²) >= 11 is 2.26. The molecule has 0 bridgehead atoms. The van der Waals surface area contributed by atoms with Crippen LogP contribution in [-0.4, -0.2) is 10.2 Å². The van der Waals surface area contributed by atoms with Crippen molar-refractivity contribution < 1.29 is 0 Å². The van der Waals surface area contributed by atoms with Gasteiger partial charge in [-0.05, 0) is 19.1 Å². The largest absolute Gasteiger partial charge is 0.156 e. The Balaban J connectivity index is 2.88. The van der Waals surface area contributed by atoms with Crippen LogP contribution in [0.1, 0.15) is 11.4 Å². The van der Waals surface area contributed by atoms with Gasteiger partial charge in [0.25, 0.3) is 0 Å². The highest BCUT2D eigenvalue weighted by Crippen LogP contribution is 1.99. The second kappa shape index (κ2) is 3.10. The predicted molar refractivity (Wildman–Crippen MR) is 44.5 cm³/mol. The zero-order valence-corrected chi connectivity index (χ0v) is 7.29. The third kappa shape index (κ3) is 1.89. The van der Waals surface area contributed by atoms with Gasteiger partial charge in [0.2, 0.25) is 0 Å². The van der Waals surface area contributed by atoms with Crippen molar-refractivity contribution in [1.82, 2.24) is 10.2 Å². The first kappa shape index (κ1) is 6.92. The third-order valence-corrected chi connectivity index (χ3v) is 1.77. The quantitative estimate of drug-likeness (QED) is 0.546. The summed E-state index contributed by atoms with van der Waals surface area (Å²) in [5, 5.41) is 7.83. The second-order valence-electron chi connectivity index (χ2n) is 1.80. The monoisotopic (exact) mass is 234 g/mol. The topological polar surface area (TPSA) is 25.8 Å². The van der Waals surface area contributed by atoms with E-state index in [1.54, 1.807) is 0 Å². The molecule has 0 unspecified atom stereocenters. The maximum absolute atomic E-state index is 3.94. The zero-order valence-electron chi connectivity index (χ0n) is 5.13. The van der Waals surface area contributed by atoms with Gasteiger partial charge in [0.15, 0.2) is 0 Å². The highest BCUT2D eigenvalue weighted by molar-refractivity contribution is 14.1. The molecule has 1 heterocycles. The molecule has 1 rings (SSSR count). The number of hydrogen-bond acceptors (Lipinski definition) is 2. The van der Waals surface area contributed by atoms with Crippen molar-refractivity contribution >= 4 is 22.6 Å². The maximum Gasteiger partial charge on any atom is 0.0728 e. The Hall–Kier alpha value is -0.190. The number of aromatic nitrogens is 2. The fourth-order valence-electron chi connectivity index (χ4n) is 0.498. The van der Waals surface area contributed by atoms with Crippen LogP contribution in [0.2, 0.25) is 0 Å². The van der Waals surface area contributed by atoms with E-state index < -0.39 is 0 Å². The van der Waals surface area contributed by atoms with E-state index >= 15 is 0 Å². The number of alkyl halides is 1. The van der Waals surface area contributed by atoms with E-state index in [-0.39, 0.29) is 0 Å². The molecule has 1 aromatic rings. The second-order valence-corrected chi connectivity index (χ2v) is 2.56. The van der Waals surface area contributed by atoms with E-state index in [2.05, 4.69) is 32.8 Å². The van der Waals surface area contributed by atoms with Crippen LogP contribution >= 0.6 is 22.6 Å². The summed E-state index contributed by atoms with van der Waals surface area (Å²) in [6.07, 6.45) is 0. The maximum atomic E-state index is 3.94. The Morgan fingerprint density at radius 1 is 1.44 bits per heavy atom. The standard InChI is InChI=1S/C6H7IN2/c1-5-2-3-6(4-7)9-8-5/h2-3H,4H2,1H3. The van der Waals surface area contributed by atoms with Crippen molar-refractivity contribution in [3.05, 3.63) is 23.5 Å². The summed E-state index contributed by atoms with van der Waals surface area (Å²) < 4.78 is 0.936. The molecule has 9 heavy (non-hydrogen) atoms. The fourth-order valence-corrected chi connectivity index (χ4v) is 0.905. The van der Waals surface area contributed by atoms with Crippen LogP contribution < -0.4 is 0 Å². The molecule has 0 saturated heterocycles. The number of halogens is 1. The smallest absolute Gasteiger partial charge is 0.0728 e. The van der Waals surface area contributed by atoms with Crippen LogP contribution in [0, 0.1) is 6.92 Å². The minimum atomic E-state index is 0.936. The van der Waals surface area contributed by atoms with Gasteiger partial charge in [0.1, 0.15) is 0 Å². The van der Waals surface area contributed by atoms with Gasteiger partial charge in [-0.25, -0.2) is 0 Å². The Kier molecular flexibility index (Phi) is 2.38. The van der Waals surface area contributed by atoms with E-state index in [0.717, 1.165) is 15.8 Å². The minimum absolute atomic E-state index is 0.936. The molecule has 48 valence electrons. The van der Waals surface area contributed by atoms with Gasteiger partial charge in [0, 0.05) is 4.43 Å². The minimum Gasteiger partial charge on any atom is -0.156 e. The number of rotatable bonds is 1. The van der Waals surface area contributed by atoms with Crippen molar-refractivity contribution in [3.8, 4) is 0 Å². The molecule has 0 spiro atoms. The molecule has 0 aliphatic heterocycles. The van der Waals surface area contributed by atoms with E-state index in [1.165, 1.54) is 0 Å². The molecule has 0 aliphatic carbocycles. The van der Waals surface area contributed by atoms with E-state index in [4.69, 9.17) is 0 Å². The van der Waals surface area contributed by atoms with Crippen molar-refractivity contribution in [1.29, 1.82) is 0 Å². The molecule has 0 aliphatic rings. The summed E-state index contributed by atoms with van der Waals surface area (Å²) in [4.78, 5) is 0. The van der Waals surface area contributed by atoms with Crippen LogP contribution in [0.4, 0.5) is 0 Å². The van der Waals surface area contributed by atoms with Crippen molar-refractivity contribution in [2.24, 2.45) is 0 Å². The molecule has 3 heteroatoms. The van der Waals surface area contributed by atoms with E-state index in [1.807, 2.05) is 19.1 Å². The van der Waals surface area contributed by atoms with Gasteiger partial charge in [-0.2, -0.15) is 10.2 Å². The first-order chi connectivity index (χ1) is 4.33. The fraction of sp³-hybridized carbons (Fsp3) is 0.333. The normalized spacial score (nSPS) is 9.56.